The number of aromatic nitrogens is 1. The molecule has 0 unspecified atom stereocenters. The molecule has 1 aliphatic rings. The van der Waals surface area contributed by atoms with Gasteiger partial charge in [0.2, 0.25) is 10.0 Å². The van der Waals surface area contributed by atoms with Gasteiger partial charge in [-0.3, -0.25) is 4.98 Å². The molecule has 0 amide bonds. The Morgan fingerprint density at radius 1 is 1.39 bits per heavy atom. The molecule has 18 heavy (non-hydrogen) atoms. The summed E-state index contributed by atoms with van der Waals surface area (Å²) in [7, 11) is -3.56. The molecule has 0 aliphatic heterocycles. The van der Waals surface area contributed by atoms with E-state index in [1.807, 2.05) is 0 Å². The Hall–Kier alpha value is -0.170. The van der Waals surface area contributed by atoms with Gasteiger partial charge in [-0.25, -0.2) is 13.1 Å². The minimum absolute atomic E-state index is 0.160. The smallest absolute Gasteiger partial charge is 0.242 e. The lowest BCUT2D eigenvalue weighted by molar-refractivity contribution is 0.432. The molecule has 0 atom stereocenters. The summed E-state index contributed by atoms with van der Waals surface area (Å²) in [5.41, 5.74) is -0.497. The highest BCUT2D eigenvalue weighted by molar-refractivity contribution is 9.10. The minimum atomic E-state index is -3.56. The molecule has 1 aromatic heterocycles. The summed E-state index contributed by atoms with van der Waals surface area (Å²) in [5, 5.41) is 0. The second-order valence-electron chi connectivity index (χ2n) is 4.57. The lowest BCUT2D eigenvalue weighted by atomic mass is 10.0. The number of nitrogens with zero attached hydrogens (tertiary/aromatic N) is 1. The van der Waals surface area contributed by atoms with Crippen LogP contribution in [0.3, 0.4) is 0 Å². The molecule has 100 valence electrons. The Kier molecular flexibility index (Phi) is 4.31. The van der Waals surface area contributed by atoms with Gasteiger partial charge in [0.25, 0.3) is 0 Å². The average molecular weight is 354 g/mol. The van der Waals surface area contributed by atoms with Crippen LogP contribution in [0.1, 0.15) is 25.7 Å². The van der Waals surface area contributed by atoms with Crippen molar-refractivity contribution in [1.82, 2.24) is 9.71 Å². The molecule has 0 spiro atoms. The summed E-state index contributed by atoms with van der Waals surface area (Å²) in [6.45, 7) is 0. The molecule has 1 aromatic rings. The Balaban J connectivity index is 2.27. The first-order valence-corrected chi connectivity index (χ1v) is 8.49. The fourth-order valence-corrected chi connectivity index (χ4v) is 4.57. The zero-order chi connectivity index (χ0) is 13.2. The Morgan fingerprint density at radius 2 is 2.06 bits per heavy atom. The van der Waals surface area contributed by atoms with E-state index in [9.17, 15) is 8.42 Å². The van der Waals surface area contributed by atoms with Gasteiger partial charge < -0.3 is 0 Å². The fourth-order valence-electron chi connectivity index (χ4n) is 2.20. The third kappa shape index (κ3) is 3.04. The maximum absolute atomic E-state index is 12.3. The molecule has 0 bridgehead atoms. The zero-order valence-electron chi connectivity index (χ0n) is 9.70. The van der Waals surface area contributed by atoms with Crippen LogP contribution in [-0.2, 0) is 10.0 Å². The summed E-state index contributed by atoms with van der Waals surface area (Å²) in [5.74, 6) is 0.299. The van der Waals surface area contributed by atoms with Crippen molar-refractivity contribution in [1.29, 1.82) is 0 Å². The van der Waals surface area contributed by atoms with Gasteiger partial charge in [0.1, 0.15) is 4.90 Å². The van der Waals surface area contributed by atoms with Gasteiger partial charge in [-0.15, -0.1) is 11.6 Å². The molecule has 2 rings (SSSR count). The molecule has 0 aromatic carbocycles. The van der Waals surface area contributed by atoms with E-state index in [-0.39, 0.29) is 4.90 Å². The first-order valence-electron chi connectivity index (χ1n) is 5.68. The number of alkyl halides is 1. The fraction of sp³-hybridized carbons (Fsp3) is 0.545. The predicted octanol–water partition coefficient (Wildman–Crippen LogP) is 2.67. The number of pyridine rings is 1. The SMILES string of the molecule is O=S(=O)(NC1(CCl)CCCC1)c1cncc(Br)c1. The first kappa shape index (κ1) is 14.2. The van der Waals surface area contributed by atoms with Gasteiger partial charge in [0.15, 0.2) is 0 Å². The maximum Gasteiger partial charge on any atom is 0.242 e. The minimum Gasteiger partial charge on any atom is -0.262 e. The quantitative estimate of drug-likeness (QED) is 0.847. The third-order valence-electron chi connectivity index (χ3n) is 3.16. The molecule has 4 nitrogen and oxygen atoms in total. The molecular weight excluding hydrogens is 340 g/mol. The van der Waals surface area contributed by atoms with E-state index in [0.717, 1.165) is 25.7 Å². The van der Waals surface area contributed by atoms with Crippen molar-refractivity contribution in [2.75, 3.05) is 5.88 Å². The van der Waals surface area contributed by atoms with Crippen molar-refractivity contribution in [2.24, 2.45) is 0 Å². The van der Waals surface area contributed by atoms with Crippen LogP contribution in [0.25, 0.3) is 0 Å². The molecule has 1 heterocycles. The summed E-state index contributed by atoms with van der Waals surface area (Å²) < 4.78 is 27.9. The Morgan fingerprint density at radius 3 is 2.61 bits per heavy atom. The van der Waals surface area contributed by atoms with E-state index < -0.39 is 15.6 Å². The van der Waals surface area contributed by atoms with Gasteiger partial charge >= 0.3 is 0 Å². The van der Waals surface area contributed by atoms with Crippen LogP contribution in [-0.4, -0.2) is 24.8 Å². The highest BCUT2D eigenvalue weighted by atomic mass is 79.9. The summed E-state index contributed by atoms with van der Waals surface area (Å²) in [6.07, 6.45) is 6.47. The second kappa shape index (κ2) is 5.45. The topological polar surface area (TPSA) is 59.1 Å². The summed E-state index contributed by atoms with van der Waals surface area (Å²) in [4.78, 5) is 4.04. The number of nitrogens with one attached hydrogen (secondary N) is 1. The van der Waals surface area contributed by atoms with Crippen molar-refractivity contribution >= 4 is 37.6 Å². The van der Waals surface area contributed by atoms with Crippen LogP contribution in [0.4, 0.5) is 0 Å². The first-order chi connectivity index (χ1) is 8.47. The lowest BCUT2D eigenvalue weighted by Crippen LogP contribution is -2.47. The number of rotatable bonds is 4. The van der Waals surface area contributed by atoms with Gasteiger partial charge in [-0.2, -0.15) is 0 Å². The van der Waals surface area contributed by atoms with Crippen molar-refractivity contribution in [2.45, 2.75) is 36.1 Å². The molecule has 7 heteroatoms. The van der Waals surface area contributed by atoms with Crippen LogP contribution in [0.5, 0.6) is 0 Å². The van der Waals surface area contributed by atoms with Gasteiger partial charge in [-0.1, -0.05) is 12.8 Å². The normalized spacial score (nSPS) is 19.0. The molecule has 1 fully saturated rings. The van der Waals surface area contributed by atoms with Gasteiger partial charge in [-0.05, 0) is 34.8 Å². The molecule has 0 radical (unpaired) electrons. The second-order valence-corrected chi connectivity index (χ2v) is 7.43. The number of hydrogen-bond donors (Lipinski definition) is 1. The molecule has 1 aliphatic carbocycles. The van der Waals surface area contributed by atoms with Crippen molar-refractivity contribution in [3.63, 3.8) is 0 Å². The zero-order valence-corrected chi connectivity index (χ0v) is 12.9. The van der Waals surface area contributed by atoms with E-state index >= 15 is 0 Å². The van der Waals surface area contributed by atoms with Crippen molar-refractivity contribution in [3.8, 4) is 0 Å². The molecular formula is C11H14BrClN2O2S. The van der Waals surface area contributed by atoms with E-state index in [1.165, 1.54) is 12.3 Å². The van der Waals surface area contributed by atoms with Gasteiger partial charge in [0.05, 0.1) is 0 Å². The standard InChI is InChI=1S/C11H14BrClN2O2S/c12-9-5-10(7-14-6-9)18(16,17)15-11(8-13)3-1-2-4-11/h5-7,15H,1-4,8H2. The Labute approximate surface area is 120 Å². The van der Waals surface area contributed by atoms with Crippen LogP contribution < -0.4 is 4.72 Å². The maximum atomic E-state index is 12.3. The summed E-state index contributed by atoms with van der Waals surface area (Å²) >= 11 is 9.15. The van der Waals surface area contributed by atoms with Crippen LogP contribution in [0, 0.1) is 0 Å². The van der Waals surface area contributed by atoms with E-state index in [2.05, 4.69) is 25.6 Å². The van der Waals surface area contributed by atoms with Gasteiger partial charge in [0, 0.05) is 28.3 Å². The van der Waals surface area contributed by atoms with Crippen LogP contribution in [0.2, 0.25) is 0 Å². The van der Waals surface area contributed by atoms with Crippen LogP contribution >= 0.6 is 27.5 Å². The predicted molar refractivity (Wildman–Crippen MR) is 74.2 cm³/mol. The van der Waals surface area contributed by atoms with E-state index in [1.54, 1.807) is 6.20 Å². The number of hydrogen-bond acceptors (Lipinski definition) is 3. The highest BCUT2D eigenvalue weighted by Crippen LogP contribution is 2.32. The molecule has 1 saturated carbocycles. The van der Waals surface area contributed by atoms with Crippen molar-refractivity contribution < 1.29 is 8.42 Å². The van der Waals surface area contributed by atoms with Crippen molar-refractivity contribution in [3.05, 3.63) is 22.9 Å². The third-order valence-corrected chi connectivity index (χ3v) is 5.65. The number of sulfonamides is 1. The van der Waals surface area contributed by atoms with E-state index in [4.69, 9.17) is 11.6 Å². The largest absolute Gasteiger partial charge is 0.262 e. The molecule has 1 N–H and O–H groups in total. The monoisotopic (exact) mass is 352 g/mol. The van der Waals surface area contributed by atoms with E-state index in [0.29, 0.717) is 10.4 Å². The highest BCUT2D eigenvalue weighted by Gasteiger charge is 2.37. The lowest BCUT2D eigenvalue weighted by Gasteiger charge is -2.27. The number of halogens is 2. The molecule has 0 saturated heterocycles. The Bertz CT molecular complexity index is 530. The summed E-state index contributed by atoms with van der Waals surface area (Å²) in [6, 6.07) is 1.53. The average Bonchev–Trinajstić information content (AvgIpc) is 2.77. The van der Waals surface area contributed by atoms with Crippen LogP contribution in [0.15, 0.2) is 27.8 Å².